The number of imidazole rings is 1. The van der Waals surface area contributed by atoms with Gasteiger partial charge in [0.1, 0.15) is 5.75 Å². The number of aryl methyl sites for hydroxylation is 2. The summed E-state index contributed by atoms with van der Waals surface area (Å²) in [5.74, 6) is -0.548. The van der Waals surface area contributed by atoms with Crippen LogP contribution in [0.1, 0.15) is 24.0 Å². The van der Waals surface area contributed by atoms with Gasteiger partial charge in [-0.1, -0.05) is 12.1 Å². The number of nitrogens with one attached hydrogen (secondary N) is 1. The van der Waals surface area contributed by atoms with Crippen molar-refractivity contribution in [2.24, 2.45) is 5.92 Å². The molecule has 0 aliphatic heterocycles. The zero-order valence-electron chi connectivity index (χ0n) is 13.8. The Morgan fingerprint density at radius 1 is 1.33 bits per heavy atom. The van der Waals surface area contributed by atoms with E-state index in [-0.39, 0.29) is 5.16 Å². The zero-order chi connectivity index (χ0) is 17.3. The summed E-state index contributed by atoms with van der Waals surface area (Å²) in [6.45, 7) is 4.41. The molecule has 1 aromatic carbocycles. The molecule has 0 bridgehead atoms. The number of amides is 1. The second-order valence-electron chi connectivity index (χ2n) is 6.38. The van der Waals surface area contributed by atoms with Gasteiger partial charge < -0.3 is 5.32 Å². The average molecular weight is 347 g/mol. The first-order valence-electron chi connectivity index (χ1n) is 7.97. The maximum atomic E-state index is 12.6. The quantitative estimate of drug-likeness (QED) is 0.864. The van der Waals surface area contributed by atoms with Gasteiger partial charge in [-0.15, -0.1) is 0 Å². The van der Waals surface area contributed by atoms with Crippen molar-refractivity contribution < 1.29 is 13.2 Å². The van der Waals surface area contributed by atoms with Gasteiger partial charge in [0.15, 0.2) is 0 Å². The normalized spacial score (nSPS) is 14.6. The SMILES string of the molecule is Cc1ccc(C)c(-n2ccnc2S(=O)(=O)CC(=O)NCC2CC2)c1. The summed E-state index contributed by atoms with van der Waals surface area (Å²) in [6.07, 6.45) is 5.25. The molecule has 3 rings (SSSR count). The van der Waals surface area contributed by atoms with Crippen molar-refractivity contribution in [3.8, 4) is 5.69 Å². The summed E-state index contributed by atoms with van der Waals surface area (Å²) in [5.41, 5.74) is 2.72. The number of nitrogens with zero attached hydrogens (tertiary/aromatic N) is 2. The number of sulfone groups is 1. The highest BCUT2D eigenvalue weighted by Crippen LogP contribution is 2.27. The highest BCUT2D eigenvalue weighted by Gasteiger charge is 2.27. The molecular formula is C17H21N3O3S. The first kappa shape index (κ1) is 16.7. The molecule has 0 saturated heterocycles. The van der Waals surface area contributed by atoms with Crippen molar-refractivity contribution in [2.75, 3.05) is 12.3 Å². The van der Waals surface area contributed by atoms with Crippen LogP contribution in [0, 0.1) is 19.8 Å². The van der Waals surface area contributed by atoms with Gasteiger partial charge in [0.2, 0.25) is 20.9 Å². The number of hydrogen-bond acceptors (Lipinski definition) is 4. The fourth-order valence-corrected chi connectivity index (χ4v) is 3.81. The molecule has 1 saturated carbocycles. The Labute approximate surface area is 141 Å². The van der Waals surface area contributed by atoms with Crippen LogP contribution in [0.2, 0.25) is 0 Å². The fraction of sp³-hybridized carbons (Fsp3) is 0.412. The Morgan fingerprint density at radius 2 is 2.08 bits per heavy atom. The lowest BCUT2D eigenvalue weighted by Crippen LogP contribution is -2.32. The van der Waals surface area contributed by atoms with E-state index in [2.05, 4.69) is 10.3 Å². The van der Waals surface area contributed by atoms with Gasteiger partial charge in [-0.2, -0.15) is 0 Å². The molecule has 128 valence electrons. The molecule has 0 radical (unpaired) electrons. The second-order valence-corrected chi connectivity index (χ2v) is 8.26. The van der Waals surface area contributed by atoms with Crippen LogP contribution in [-0.4, -0.2) is 36.2 Å². The maximum Gasteiger partial charge on any atom is 0.235 e. The third kappa shape index (κ3) is 3.67. The molecule has 1 amide bonds. The van der Waals surface area contributed by atoms with E-state index in [4.69, 9.17) is 0 Å². The lowest BCUT2D eigenvalue weighted by Gasteiger charge is -2.12. The minimum Gasteiger partial charge on any atom is -0.355 e. The number of hydrogen-bond donors (Lipinski definition) is 1. The van der Waals surface area contributed by atoms with Crippen molar-refractivity contribution in [3.05, 3.63) is 41.7 Å². The van der Waals surface area contributed by atoms with Gasteiger partial charge in [0.25, 0.3) is 0 Å². The summed E-state index contributed by atoms with van der Waals surface area (Å²) >= 11 is 0. The fourth-order valence-electron chi connectivity index (χ4n) is 2.55. The summed E-state index contributed by atoms with van der Waals surface area (Å²) in [5, 5.41) is 2.59. The minimum absolute atomic E-state index is 0.0993. The summed E-state index contributed by atoms with van der Waals surface area (Å²) < 4.78 is 26.8. The summed E-state index contributed by atoms with van der Waals surface area (Å²) in [6, 6.07) is 5.81. The molecule has 1 aromatic heterocycles. The van der Waals surface area contributed by atoms with Crippen LogP contribution >= 0.6 is 0 Å². The van der Waals surface area contributed by atoms with Crippen molar-refractivity contribution >= 4 is 15.7 Å². The lowest BCUT2D eigenvalue weighted by atomic mass is 10.1. The molecule has 1 aliphatic rings. The van der Waals surface area contributed by atoms with E-state index in [1.165, 1.54) is 10.8 Å². The van der Waals surface area contributed by atoms with Gasteiger partial charge >= 0.3 is 0 Å². The first-order chi connectivity index (χ1) is 11.4. The van der Waals surface area contributed by atoms with E-state index in [0.29, 0.717) is 12.5 Å². The molecule has 0 unspecified atom stereocenters. The zero-order valence-corrected chi connectivity index (χ0v) is 14.6. The van der Waals surface area contributed by atoms with Crippen LogP contribution in [-0.2, 0) is 14.6 Å². The van der Waals surface area contributed by atoms with Gasteiger partial charge in [-0.25, -0.2) is 13.4 Å². The third-order valence-electron chi connectivity index (χ3n) is 4.12. The van der Waals surface area contributed by atoms with Crippen molar-refractivity contribution in [1.82, 2.24) is 14.9 Å². The monoisotopic (exact) mass is 347 g/mol. The minimum atomic E-state index is -3.81. The molecule has 0 atom stereocenters. The highest BCUT2D eigenvalue weighted by atomic mass is 32.2. The summed E-state index contributed by atoms with van der Waals surface area (Å²) in [7, 11) is -3.81. The van der Waals surface area contributed by atoms with Gasteiger partial charge in [-0.05, 0) is 49.8 Å². The Bertz CT molecular complexity index is 867. The molecule has 6 nitrogen and oxygen atoms in total. The van der Waals surface area contributed by atoms with E-state index in [1.807, 2.05) is 32.0 Å². The Hall–Kier alpha value is -2.15. The van der Waals surface area contributed by atoms with Crippen LogP contribution in [0.15, 0.2) is 35.7 Å². The largest absolute Gasteiger partial charge is 0.355 e. The first-order valence-corrected chi connectivity index (χ1v) is 9.62. The molecule has 2 aromatic rings. The molecule has 1 N–H and O–H groups in total. The van der Waals surface area contributed by atoms with Crippen LogP contribution in [0.3, 0.4) is 0 Å². The van der Waals surface area contributed by atoms with E-state index in [1.54, 1.807) is 6.20 Å². The number of aromatic nitrogens is 2. The summed E-state index contributed by atoms with van der Waals surface area (Å²) in [4.78, 5) is 15.9. The number of benzene rings is 1. The Kier molecular flexibility index (Phi) is 4.45. The van der Waals surface area contributed by atoms with Crippen LogP contribution in [0.25, 0.3) is 5.69 Å². The molecule has 7 heteroatoms. The number of carbonyl (C=O) groups excluding carboxylic acids is 1. The molecule has 1 fully saturated rings. The second kappa shape index (κ2) is 6.39. The van der Waals surface area contributed by atoms with Crippen LogP contribution in [0.5, 0.6) is 0 Å². The van der Waals surface area contributed by atoms with Crippen molar-refractivity contribution in [3.63, 3.8) is 0 Å². The molecule has 1 heterocycles. The van der Waals surface area contributed by atoms with E-state index >= 15 is 0 Å². The smallest absolute Gasteiger partial charge is 0.235 e. The number of rotatable bonds is 6. The molecule has 24 heavy (non-hydrogen) atoms. The van der Waals surface area contributed by atoms with Gasteiger partial charge in [-0.3, -0.25) is 9.36 Å². The van der Waals surface area contributed by atoms with Crippen LogP contribution in [0.4, 0.5) is 0 Å². The molecule has 0 spiro atoms. The Morgan fingerprint density at radius 3 is 2.79 bits per heavy atom. The average Bonchev–Trinajstić information content (AvgIpc) is 3.21. The predicted molar refractivity (Wildman–Crippen MR) is 90.8 cm³/mol. The molecular weight excluding hydrogens is 326 g/mol. The highest BCUT2D eigenvalue weighted by molar-refractivity contribution is 7.92. The topological polar surface area (TPSA) is 81.1 Å². The van der Waals surface area contributed by atoms with Crippen LogP contribution < -0.4 is 5.32 Å². The predicted octanol–water partition coefficient (Wildman–Crippen LogP) is 1.79. The van der Waals surface area contributed by atoms with E-state index in [0.717, 1.165) is 29.7 Å². The Balaban J connectivity index is 1.85. The van der Waals surface area contributed by atoms with Gasteiger partial charge in [0, 0.05) is 18.9 Å². The lowest BCUT2D eigenvalue weighted by molar-refractivity contribution is -0.118. The van der Waals surface area contributed by atoms with Crippen molar-refractivity contribution in [1.29, 1.82) is 0 Å². The van der Waals surface area contributed by atoms with Gasteiger partial charge in [0.05, 0.1) is 5.69 Å². The maximum absolute atomic E-state index is 12.6. The third-order valence-corrected chi connectivity index (χ3v) is 5.62. The van der Waals surface area contributed by atoms with Crippen molar-refractivity contribution in [2.45, 2.75) is 31.8 Å². The molecule has 1 aliphatic carbocycles. The standard InChI is InChI=1S/C17H21N3O3S/c1-12-3-4-13(2)15(9-12)20-8-7-18-17(20)24(22,23)11-16(21)19-10-14-5-6-14/h3-4,7-9,14H,5-6,10-11H2,1-2H3,(H,19,21). The van der Waals surface area contributed by atoms with E-state index < -0.39 is 21.5 Å². The van der Waals surface area contributed by atoms with E-state index in [9.17, 15) is 13.2 Å². The number of carbonyl (C=O) groups is 1.